The predicted octanol–water partition coefficient (Wildman–Crippen LogP) is 3.70. The number of carbonyl (C=O) groups is 2. The van der Waals surface area contributed by atoms with E-state index in [4.69, 9.17) is 0 Å². The van der Waals surface area contributed by atoms with Gasteiger partial charge in [-0.2, -0.15) is 0 Å². The summed E-state index contributed by atoms with van der Waals surface area (Å²) < 4.78 is 0. The minimum atomic E-state index is -0.0382. The minimum absolute atomic E-state index is 0.0382. The van der Waals surface area contributed by atoms with Gasteiger partial charge in [0.1, 0.15) is 0 Å². The maximum atomic E-state index is 12.5. The molecule has 0 saturated heterocycles. The third-order valence-electron chi connectivity index (χ3n) is 6.38. The highest BCUT2D eigenvalue weighted by Crippen LogP contribution is 2.23. The average Bonchev–Trinajstić information content (AvgIpc) is 3.23. The molecule has 1 aliphatic carbocycles. The fourth-order valence-electron chi connectivity index (χ4n) is 4.49. The van der Waals surface area contributed by atoms with E-state index in [2.05, 4.69) is 47.5 Å². The zero-order chi connectivity index (χ0) is 20.2. The highest BCUT2D eigenvalue weighted by molar-refractivity contribution is 5.98. The first-order chi connectivity index (χ1) is 14.1. The van der Waals surface area contributed by atoms with Crippen molar-refractivity contribution < 1.29 is 9.59 Å². The minimum Gasteiger partial charge on any atom is -0.355 e. The van der Waals surface area contributed by atoms with Crippen LogP contribution >= 0.6 is 0 Å². The molecule has 29 heavy (non-hydrogen) atoms. The van der Waals surface area contributed by atoms with Crippen LogP contribution in [0.1, 0.15) is 58.8 Å². The Morgan fingerprint density at radius 3 is 2.59 bits per heavy atom. The molecule has 152 valence electrons. The van der Waals surface area contributed by atoms with Crippen LogP contribution in [-0.2, 0) is 30.6 Å². The van der Waals surface area contributed by atoms with Gasteiger partial charge in [-0.05, 0) is 60.9 Å². The third-order valence-corrected chi connectivity index (χ3v) is 6.38. The summed E-state index contributed by atoms with van der Waals surface area (Å²) in [5, 5.41) is 3.02. The van der Waals surface area contributed by atoms with Gasteiger partial charge in [0, 0.05) is 44.1 Å². The first kappa shape index (κ1) is 19.8. The largest absolute Gasteiger partial charge is 0.355 e. The standard InChI is InChI=1S/C25H30N2O2/c1-18(27-14-13-20-5-2-3-6-23(20)17-27)16-26-25(29)12-11-24(28)22-10-9-19-7-4-8-21(19)15-22/h2-3,5-6,9-10,15,18H,4,7-8,11-14,16-17H2,1H3,(H,26,29). The smallest absolute Gasteiger partial charge is 0.220 e. The normalized spacial score (nSPS) is 16.7. The summed E-state index contributed by atoms with van der Waals surface area (Å²) >= 11 is 0. The van der Waals surface area contributed by atoms with E-state index in [9.17, 15) is 9.59 Å². The van der Waals surface area contributed by atoms with Crippen molar-refractivity contribution in [3.63, 3.8) is 0 Å². The van der Waals surface area contributed by atoms with Crippen molar-refractivity contribution in [2.75, 3.05) is 13.1 Å². The number of benzene rings is 2. The van der Waals surface area contributed by atoms with Crippen LogP contribution in [0.2, 0.25) is 0 Å². The van der Waals surface area contributed by atoms with Crippen LogP contribution in [0.15, 0.2) is 42.5 Å². The molecule has 1 N–H and O–H groups in total. The second-order valence-corrected chi connectivity index (χ2v) is 8.40. The number of amides is 1. The van der Waals surface area contributed by atoms with Gasteiger partial charge in [0.05, 0.1) is 0 Å². The molecule has 0 aromatic heterocycles. The molecule has 1 amide bonds. The van der Waals surface area contributed by atoms with Crippen LogP contribution in [0.3, 0.4) is 0 Å². The van der Waals surface area contributed by atoms with Crippen molar-refractivity contribution in [3.8, 4) is 0 Å². The number of ketones is 1. The van der Waals surface area contributed by atoms with Crippen LogP contribution < -0.4 is 5.32 Å². The van der Waals surface area contributed by atoms with Gasteiger partial charge in [-0.1, -0.05) is 36.4 Å². The number of carbonyl (C=O) groups excluding carboxylic acids is 2. The van der Waals surface area contributed by atoms with Gasteiger partial charge in [0.15, 0.2) is 5.78 Å². The third kappa shape index (κ3) is 4.76. The van der Waals surface area contributed by atoms with E-state index in [1.807, 2.05) is 12.1 Å². The monoisotopic (exact) mass is 390 g/mol. The van der Waals surface area contributed by atoms with Crippen LogP contribution in [0.5, 0.6) is 0 Å². The Morgan fingerprint density at radius 2 is 1.72 bits per heavy atom. The quantitative estimate of drug-likeness (QED) is 0.734. The highest BCUT2D eigenvalue weighted by Gasteiger charge is 2.21. The predicted molar refractivity (Wildman–Crippen MR) is 115 cm³/mol. The van der Waals surface area contributed by atoms with Gasteiger partial charge in [-0.3, -0.25) is 14.5 Å². The number of Topliss-reactive ketones (excluding diaryl/α,β-unsaturated/α-hetero) is 1. The molecular formula is C25H30N2O2. The van der Waals surface area contributed by atoms with Crippen molar-refractivity contribution in [1.29, 1.82) is 0 Å². The number of nitrogens with zero attached hydrogens (tertiary/aromatic N) is 1. The van der Waals surface area contributed by atoms with Crippen molar-refractivity contribution in [3.05, 3.63) is 70.3 Å². The lowest BCUT2D eigenvalue weighted by Gasteiger charge is -2.33. The fourth-order valence-corrected chi connectivity index (χ4v) is 4.49. The Hall–Kier alpha value is -2.46. The number of hydrogen-bond acceptors (Lipinski definition) is 3. The summed E-state index contributed by atoms with van der Waals surface area (Å²) in [6.07, 6.45) is 4.95. The number of rotatable bonds is 7. The van der Waals surface area contributed by atoms with Crippen LogP contribution in [0.4, 0.5) is 0 Å². The van der Waals surface area contributed by atoms with Crippen LogP contribution in [-0.4, -0.2) is 35.7 Å². The summed E-state index contributed by atoms with van der Waals surface area (Å²) in [7, 11) is 0. The lowest BCUT2D eigenvalue weighted by molar-refractivity contribution is -0.121. The SMILES string of the molecule is CC(CNC(=O)CCC(=O)c1ccc2c(c1)CCC2)N1CCc2ccccc2C1. The van der Waals surface area contributed by atoms with E-state index < -0.39 is 0 Å². The van der Waals surface area contributed by atoms with Crippen molar-refractivity contribution in [1.82, 2.24) is 10.2 Å². The molecule has 0 radical (unpaired) electrons. The number of hydrogen-bond donors (Lipinski definition) is 1. The number of aryl methyl sites for hydroxylation is 2. The molecule has 2 aromatic rings. The van der Waals surface area contributed by atoms with Crippen molar-refractivity contribution in [2.45, 2.75) is 58.0 Å². The molecule has 4 rings (SSSR count). The summed E-state index contributed by atoms with van der Waals surface area (Å²) in [5.41, 5.74) is 6.24. The first-order valence-corrected chi connectivity index (χ1v) is 10.8. The topological polar surface area (TPSA) is 49.4 Å². The van der Waals surface area contributed by atoms with Gasteiger partial charge < -0.3 is 5.32 Å². The van der Waals surface area contributed by atoms with E-state index in [1.165, 1.54) is 28.7 Å². The molecule has 1 aliphatic heterocycles. The van der Waals surface area contributed by atoms with Crippen molar-refractivity contribution >= 4 is 11.7 Å². The molecule has 0 bridgehead atoms. The van der Waals surface area contributed by atoms with Crippen LogP contribution in [0.25, 0.3) is 0 Å². The lowest BCUT2D eigenvalue weighted by atomic mass is 9.99. The summed E-state index contributed by atoms with van der Waals surface area (Å²) in [6.45, 7) is 4.73. The van der Waals surface area contributed by atoms with Gasteiger partial charge in [0.2, 0.25) is 5.91 Å². The maximum Gasteiger partial charge on any atom is 0.220 e. The molecule has 1 heterocycles. The maximum absolute atomic E-state index is 12.5. The molecular weight excluding hydrogens is 360 g/mol. The molecule has 2 aromatic carbocycles. The molecule has 0 spiro atoms. The summed E-state index contributed by atoms with van der Waals surface area (Å²) in [5.74, 6) is 0.0271. The first-order valence-electron chi connectivity index (χ1n) is 10.8. The zero-order valence-corrected chi connectivity index (χ0v) is 17.2. The van der Waals surface area contributed by atoms with E-state index in [0.717, 1.165) is 37.9 Å². The summed E-state index contributed by atoms with van der Waals surface area (Å²) in [6, 6.07) is 14.9. The van der Waals surface area contributed by atoms with Gasteiger partial charge in [-0.25, -0.2) is 0 Å². The Kier molecular flexibility index (Phi) is 6.10. The molecule has 1 atom stereocenters. The van der Waals surface area contributed by atoms with E-state index in [-0.39, 0.29) is 30.6 Å². The highest BCUT2D eigenvalue weighted by atomic mass is 16.2. The van der Waals surface area contributed by atoms with E-state index in [1.54, 1.807) is 0 Å². The number of fused-ring (bicyclic) bond motifs is 2. The number of nitrogens with one attached hydrogen (secondary N) is 1. The lowest BCUT2D eigenvalue weighted by Crippen LogP contribution is -2.44. The second-order valence-electron chi connectivity index (χ2n) is 8.40. The Balaban J connectivity index is 1.21. The molecule has 4 heteroatoms. The fraction of sp³-hybridized carbons (Fsp3) is 0.440. The Labute approximate surface area is 173 Å². The van der Waals surface area contributed by atoms with E-state index in [0.29, 0.717) is 6.54 Å². The Bertz CT molecular complexity index is 905. The summed E-state index contributed by atoms with van der Waals surface area (Å²) in [4.78, 5) is 27.1. The molecule has 1 unspecified atom stereocenters. The zero-order valence-electron chi connectivity index (χ0n) is 17.2. The van der Waals surface area contributed by atoms with Crippen LogP contribution in [0, 0.1) is 0 Å². The molecule has 0 saturated carbocycles. The average molecular weight is 391 g/mol. The van der Waals surface area contributed by atoms with Gasteiger partial charge in [-0.15, -0.1) is 0 Å². The Morgan fingerprint density at radius 1 is 0.966 bits per heavy atom. The molecule has 0 fully saturated rings. The van der Waals surface area contributed by atoms with Crippen molar-refractivity contribution in [2.24, 2.45) is 0 Å². The second kappa shape index (κ2) is 8.91. The van der Waals surface area contributed by atoms with Gasteiger partial charge >= 0.3 is 0 Å². The molecule has 2 aliphatic rings. The van der Waals surface area contributed by atoms with E-state index >= 15 is 0 Å². The van der Waals surface area contributed by atoms with Gasteiger partial charge in [0.25, 0.3) is 0 Å². The molecule has 4 nitrogen and oxygen atoms in total.